The van der Waals surface area contributed by atoms with E-state index >= 15 is 0 Å². The summed E-state index contributed by atoms with van der Waals surface area (Å²) in [6, 6.07) is 6.18. The molecule has 0 aliphatic carbocycles. The Labute approximate surface area is 172 Å². The molecule has 1 aromatic rings. The molecule has 1 amide bonds. The molecule has 8 heteroatoms. The molecule has 156 valence electrons. The smallest absolute Gasteiger partial charge is 0.269 e. The Bertz CT molecular complexity index is 641. The van der Waals surface area contributed by atoms with E-state index in [0.29, 0.717) is 24.0 Å². The van der Waals surface area contributed by atoms with Crippen LogP contribution in [0, 0.1) is 22.0 Å². The van der Waals surface area contributed by atoms with E-state index < -0.39 is 4.92 Å². The van der Waals surface area contributed by atoms with Gasteiger partial charge in [-0.05, 0) is 49.9 Å². The highest BCUT2D eigenvalue weighted by molar-refractivity contribution is 5.85. The van der Waals surface area contributed by atoms with Gasteiger partial charge in [-0.15, -0.1) is 12.4 Å². The highest BCUT2D eigenvalue weighted by Gasteiger charge is 2.27. The second-order valence-corrected chi connectivity index (χ2v) is 7.72. The second kappa shape index (κ2) is 10.6. The summed E-state index contributed by atoms with van der Waals surface area (Å²) in [5.41, 5.74) is 0.0608. The van der Waals surface area contributed by atoms with Gasteiger partial charge in [-0.1, -0.05) is 6.92 Å². The molecule has 2 heterocycles. The van der Waals surface area contributed by atoms with Gasteiger partial charge in [0.15, 0.2) is 0 Å². The van der Waals surface area contributed by atoms with Gasteiger partial charge < -0.3 is 15.0 Å². The van der Waals surface area contributed by atoms with Gasteiger partial charge in [0, 0.05) is 44.5 Å². The van der Waals surface area contributed by atoms with Gasteiger partial charge in [0.25, 0.3) is 5.69 Å². The molecule has 3 rings (SSSR count). The number of nitrogens with one attached hydrogen (secondary N) is 1. The molecule has 0 saturated carbocycles. The van der Waals surface area contributed by atoms with Crippen LogP contribution < -0.4 is 10.1 Å². The lowest BCUT2D eigenvalue weighted by Crippen LogP contribution is -2.43. The van der Waals surface area contributed by atoms with Crippen LogP contribution in [0.5, 0.6) is 5.75 Å². The summed E-state index contributed by atoms with van der Waals surface area (Å²) in [5.74, 6) is 1.99. The fourth-order valence-electron chi connectivity index (χ4n) is 4.05. The molecule has 1 atom stereocenters. The van der Waals surface area contributed by atoms with Crippen LogP contribution in [0.25, 0.3) is 0 Å². The van der Waals surface area contributed by atoms with E-state index in [1.165, 1.54) is 25.0 Å². The fraction of sp³-hybridized carbons (Fsp3) is 0.650. The summed E-state index contributed by atoms with van der Waals surface area (Å²) < 4.78 is 5.93. The quantitative estimate of drug-likeness (QED) is 0.572. The van der Waals surface area contributed by atoms with Crippen molar-refractivity contribution in [1.82, 2.24) is 10.2 Å². The minimum absolute atomic E-state index is 0. The Hall–Kier alpha value is -1.86. The fourth-order valence-corrected chi connectivity index (χ4v) is 4.05. The van der Waals surface area contributed by atoms with Crippen molar-refractivity contribution in [3.05, 3.63) is 34.4 Å². The summed E-state index contributed by atoms with van der Waals surface area (Å²) in [5, 5.41) is 14.1. The van der Waals surface area contributed by atoms with Crippen LogP contribution in [0.3, 0.4) is 0 Å². The maximum absolute atomic E-state index is 12.6. The third kappa shape index (κ3) is 6.07. The van der Waals surface area contributed by atoms with E-state index in [0.717, 1.165) is 39.0 Å². The molecule has 1 N–H and O–H groups in total. The average Bonchev–Trinajstić information content (AvgIpc) is 2.69. The first-order valence-electron chi connectivity index (χ1n) is 9.92. The highest BCUT2D eigenvalue weighted by atomic mass is 35.5. The van der Waals surface area contributed by atoms with Crippen molar-refractivity contribution in [3.63, 3.8) is 0 Å². The van der Waals surface area contributed by atoms with Crippen LogP contribution >= 0.6 is 12.4 Å². The normalized spacial score (nSPS) is 19.5. The number of ether oxygens (including phenoxy) is 1. The molecule has 2 fully saturated rings. The number of nitro groups is 1. The number of carbonyl (C=O) groups excluding carboxylic acids is 1. The van der Waals surface area contributed by atoms with Crippen molar-refractivity contribution in [2.75, 3.05) is 26.2 Å². The molecule has 0 spiro atoms. The number of amides is 1. The third-order valence-corrected chi connectivity index (χ3v) is 5.83. The Morgan fingerprint density at radius 1 is 1.21 bits per heavy atom. The van der Waals surface area contributed by atoms with Crippen LogP contribution in [0.2, 0.25) is 0 Å². The minimum atomic E-state index is -0.418. The van der Waals surface area contributed by atoms with E-state index in [2.05, 4.69) is 12.2 Å². The number of piperidine rings is 2. The molecule has 7 nitrogen and oxygen atoms in total. The predicted molar refractivity (Wildman–Crippen MR) is 110 cm³/mol. The van der Waals surface area contributed by atoms with Crippen molar-refractivity contribution in [2.45, 2.75) is 45.1 Å². The van der Waals surface area contributed by atoms with E-state index in [4.69, 9.17) is 4.74 Å². The van der Waals surface area contributed by atoms with Gasteiger partial charge in [-0.3, -0.25) is 14.9 Å². The van der Waals surface area contributed by atoms with E-state index in [1.807, 2.05) is 4.90 Å². The minimum Gasteiger partial charge on any atom is -0.490 e. The number of likely N-dealkylation sites (tertiary alicyclic amines) is 1. The van der Waals surface area contributed by atoms with Crippen molar-refractivity contribution in [2.24, 2.45) is 11.8 Å². The predicted octanol–water partition coefficient (Wildman–Crippen LogP) is 3.41. The van der Waals surface area contributed by atoms with Gasteiger partial charge >= 0.3 is 0 Å². The number of carbonyl (C=O) groups is 1. The van der Waals surface area contributed by atoms with Crippen LogP contribution in [-0.4, -0.2) is 48.0 Å². The van der Waals surface area contributed by atoms with E-state index in [1.54, 1.807) is 12.1 Å². The number of hydrogen-bond donors (Lipinski definition) is 1. The summed E-state index contributed by atoms with van der Waals surface area (Å²) in [7, 11) is 0. The maximum Gasteiger partial charge on any atom is 0.269 e. The highest BCUT2D eigenvalue weighted by Crippen LogP contribution is 2.26. The SMILES string of the molecule is CC(CC(=O)N1CCC(Oc2ccc([N+](=O)[O-])cc2)CC1)C1CCNCC1.Cl. The van der Waals surface area contributed by atoms with E-state index in [-0.39, 0.29) is 30.1 Å². The van der Waals surface area contributed by atoms with E-state index in [9.17, 15) is 14.9 Å². The van der Waals surface area contributed by atoms with Crippen LogP contribution in [-0.2, 0) is 4.79 Å². The van der Waals surface area contributed by atoms with Crippen LogP contribution in [0.1, 0.15) is 39.0 Å². The molecule has 2 aliphatic rings. The number of nitro benzene ring substituents is 1. The zero-order valence-electron chi connectivity index (χ0n) is 16.3. The average molecular weight is 412 g/mol. The van der Waals surface area contributed by atoms with Crippen molar-refractivity contribution < 1.29 is 14.5 Å². The van der Waals surface area contributed by atoms with Gasteiger partial charge in [-0.25, -0.2) is 0 Å². The second-order valence-electron chi connectivity index (χ2n) is 7.72. The molecule has 1 aromatic carbocycles. The number of benzene rings is 1. The summed E-state index contributed by atoms with van der Waals surface area (Å²) in [4.78, 5) is 24.9. The molecule has 0 aromatic heterocycles. The number of nitrogens with zero attached hydrogens (tertiary/aromatic N) is 2. The largest absolute Gasteiger partial charge is 0.490 e. The zero-order chi connectivity index (χ0) is 19.2. The number of non-ortho nitro benzene ring substituents is 1. The first-order valence-corrected chi connectivity index (χ1v) is 9.92. The molecule has 0 bridgehead atoms. The molecule has 2 aliphatic heterocycles. The molecule has 28 heavy (non-hydrogen) atoms. The lowest BCUT2D eigenvalue weighted by Gasteiger charge is -2.34. The Morgan fingerprint density at radius 3 is 2.39 bits per heavy atom. The van der Waals surface area contributed by atoms with Crippen molar-refractivity contribution in [1.29, 1.82) is 0 Å². The molecular weight excluding hydrogens is 382 g/mol. The van der Waals surface area contributed by atoms with Gasteiger partial charge in [0.05, 0.1) is 4.92 Å². The molecular formula is C20H30ClN3O4. The lowest BCUT2D eigenvalue weighted by atomic mass is 9.84. The summed E-state index contributed by atoms with van der Waals surface area (Å²) >= 11 is 0. The van der Waals surface area contributed by atoms with Gasteiger partial charge in [-0.2, -0.15) is 0 Å². The summed E-state index contributed by atoms with van der Waals surface area (Å²) in [6.07, 6.45) is 4.62. The van der Waals surface area contributed by atoms with Crippen LogP contribution in [0.15, 0.2) is 24.3 Å². The topological polar surface area (TPSA) is 84.7 Å². The summed E-state index contributed by atoms with van der Waals surface area (Å²) in [6.45, 7) is 5.77. The van der Waals surface area contributed by atoms with Crippen molar-refractivity contribution in [3.8, 4) is 5.75 Å². The zero-order valence-corrected chi connectivity index (χ0v) is 17.2. The van der Waals surface area contributed by atoms with Gasteiger partial charge in [0.2, 0.25) is 5.91 Å². The number of hydrogen-bond acceptors (Lipinski definition) is 5. The molecule has 1 unspecified atom stereocenters. The van der Waals surface area contributed by atoms with Crippen LogP contribution in [0.4, 0.5) is 5.69 Å². The molecule has 2 saturated heterocycles. The Morgan fingerprint density at radius 2 is 1.82 bits per heavy atom. The maximum atomic E-state index is 12.6. The van der Waals surface area contributed by atoms with Crippen molar-refractivity contribution >= 4 is 24.0 Å². The standard InChI is InChI=1S/C20H29N3O4.ClH/c1-15(16-6-10-21-11-7-16)14-20(24)22-12-8-19(9-13-22)27-18-4-2-17(3-5-18)23(25)26;/h2-5,15-16,19,21H,6-14H2,1H3;1H. The molecule has 0 radical (unpaired) electrons. The van der Waals surface area contributed by atoms with Gasteiger partial charge in [0.1, 0.15) is 11.9 Å². The first kappa shape index (κ1) is 22.4. The monoisotopic (exact) mass is 411 g/mol. The first-order chi connectivity index (χ1) is 13.0. The number of halogens is 1. The Kier molecular flexibility index (Phi) is 8.51. The number of rotatable bonds is 6. The Balaban J connectivity index is 0.00000280. The third-order valence-electron chi connectivity index (χ3n) is 5.83. The lowest BCUT2D eigenvalue weighted by molar-refractivity contribution is -0.384.